The molecule has 0 unspecified atom stereocenters. The minimum atomic E-state index is -0.149. The van der Waals surface area contributed by atoms with Crippen molar-refractivity contribution in [3.8, 4) is 0 Å². The van der Waals surface area contributed by atoms with Crippen molar-refractivity contribution in [2.75, 3.05) is 6.54 Å². The minimum absolute atomic E-state index is 0.149. The first kappa shape index (κ1) is 14.1. The maximum Gasteiger partial charge on any atom is 0.137 e. The van der Waals surface area contributed by atoms with Crippen LogP contribution in [0, 0.1) is 12.7 Å². The molecule has 0 amide bonds. The summed E-state index contributed by atoms with van der Waals surface area (Å²) in [6.07, 6.45) is 0. The number of benzene rings is 2. The van der Waals surface area contributed by atoms with Crippen LogP contribution in [0.4, 0.5) is 4.39 Å². The Labute approximate surface area is 118 Å². The summed E-state index contributed by atoms with van der Waals surface area (Å²) in [5.41, 5.74) is 2.15. The summed E-state index contributed by atoms with van der Waals surface area (Å²) in [6.45, 7) is 5.68. The van der Waals surface area contributed by atoms with Crippen LogP contribution in [0.5, 0.6) is 0 Å². The molecule has 0 bridgehead atoms. The van der Waals surface area contributed by atoms with Crippen LogP contribution in [0.15, 0.2) is 52.3 Å². The molecule has 0 aliphatic carbocycles. The highest BCUT2D eigenvalue weighted by Gasteiger charge is 2.07. The fourth-order valence-corrected chi connectivity index (χ4v) is 2.70. The number of hydrogen-bond acceptors (Lipinski definition) is 2. The molecule has 0 aromatic heterocycles. The summed E-state index contributed by atoms with van der Waals surface area (Å²) >= 11 is 1.48. The molecule has 19 heavy (non-hydrogen) atoms. The number of hydrogen-bond donors (Lipinski definition) is 1. The van der Waals surface area contributed by atoms with E-state index in [1.165, 1.54) is 17.3 Å². The minimum Gasteiger partial charge on any atom is -0.313 e. The fraction of sp³-hybridized carbons (Fsp3) is 0.250. The highest BCUT2D eigenvalue weighted by molar-refractivity contribution is 7.99. The molecule has 0 heterocycles. The average molecular weight is 275 g/mol. The van der Waals surface area contributed by atoms with Gasteiger partial charge in [0, 0.05) is 16.3 Å². The summed E-state index contributed by atoms with van der Waals surface area (Å²) in [6, 6.07) is 13.5. The van der Waals surface area contributed by atoms with Crippen molar-refractivity contribution >= 4 is 11.8 Å². The molecule has 0 atom stereocenters. The molecule has 0 spiro atoms. The fourth-order valence-electron chi connectivity index (χ4n) is 1.80. The Morgan fingerprint density at radius 3 is 2.58 bits per heavy atom. The van der Waals surface area contributed by atoms with E-state index >= 15 is 0 Å². The van der Waals surface area contributed by atoms with E-state index in [4.69, 9.17) is 0 Å². The predicted molar refractivity (Wildman–Crippen MR) is 79.1 cm³/mol. The number of aryl methyl sites for hydroxylation is 1. The zero-order valence-electron chi connectivity index (χ0n) is 11.2. The molecule has 2 aromatic carbocycles. The predicted octanol–water partition coefficient (Wildman–Crippen LogP) is 4.39. The van der Waals surface area contributed by atoms with E-state index in [1.54, 1.807) is 6.07 Å². The van der Waals surface area contributed by atoms with Crippen LogP contribution >= 0.6 is 11.8 Å². The van der Waals surface area contributed by atoms with Gasteiger partial charge in [-0.25, -0.2) is 4.39 Å². The Morgan fingerprint density at radius 2 is 1.89 bits per heavy atom. The Balaban J connectivity index is 2.15. The Kier molecular flexibility index (Phi) is 5.00. The van der Waals surface area contributed by atoms with Crippen LogP contribution in [0.25, 0.3) is 0 Å². The van der Waals surface area contributed by atoms with E-state index in [0.29, 0.717) is 11.4 Å². The van der Waals surface area contributed by atoms with Gasteiger partial charge < -0.3 is 5.32 Å². The van der Waals surface area contributed by atoms with E-state index in [-0.39, 0.29) is 5.82 Å². The lowest BCUT2D eigenvalue weighted by molar-refractivity contribution is 0.596. The second-order valence-corrected chi connectivity index (χ2v) is 5.50. The SMILES string of the molecule is CCNCc1ccc(Sc2ccccc2C)c(F)c1. The van der Waals surface area contributed by atoms with Crippen LogP contribution in [-0.2, 0) is 6.54 Å². The van der Waals surface area contributed by atoms with Gasteiger partial charge in [-0.3, -0.25) is 0 Å². The second kappa shape index (κ2) is 6.73. The molecule has 0 saturated carbocycles. The van der Waals surface area contributed by atoms with Gasteiger partial charge in [-0.15, -0.1) is 0 Å². The smallest absolute Gasteiger partial charge is 0.137 e. The summed E-state index contributed by atoms with van der Waals surface area (Å²) in [7, 11) is 0. The quantitative estimate of drug-likeness (QED) is 0.868. The van der Waals surface area contributed by atoms with Gasteiger partial charge >= 0.3 is 0 Å². The van der Waals surface area contributed by atoms with Gasteiger partial charge in [0.1, 0.15) is 5.82 Å². The van der Waals surface area contributed by atoms with Crippen molar-refractivity contribution in [3.63, 3.8) is 0 Å². The largest absolute Gasteiger partial charge is 0.313 e. The molecule has 2 rings (SSSR count). The van der Waals surface area contributed by atoms with Crippen LogP contribution < -0.4 is 5.32 Å². The van der Waals surface area contributed by atoms with Crippen molar-refractivity contribution in [1.29, 1.82) is 0 Å². The Hall–Kier alpha value is -1.32. The van der Waals surface area contributed by atoms with Gasteiger partial charge in [0.05, 0.1) is 0 Å². The van der Waals surface area contributed by atoms with Gasteiger partial charge in [-0.05, 0) is 42.8 Å². The molecule has 2 aromatic rings. The molecule has 3 heteroatoms. The lowest BCUT2D eigenvalue weighted by Crippen LogP contribution is -2.11. The van der Waals surface area contributed by atoms with Crippen molar-refractivity contribution in [2.24, 2.45) is 0 Å². The maximum absolute atomic E-state index is 14.0. The lowest BCUT2D eigenvalue weighted by Gasteiger charge is -2.08. The standard InChI is InChI=1S/C16H18FNS/c1-3-18-11-13-8-9-16(14(17)10-13)19-15-7-5-4-6-12(15)2/h4-10,18H,3,11H2,1-2H3. The van der Waals surface area contributed by atoms with Crippen molar-refractivity contribution in [3.05, 3.63) is 59.4 Å². The van der Waals surface area contributed by atoms with Crippen molar-refractivity contribution in [2.45, 2.75) is 30.2 Å². The highest BCUT2D eigenvalue weighted by atomic mass is 32.2. The van der Waals surface area contributed by atoms with Gasteiger partial charge in [-0.1, -0.05) is 43.0 Å². The van der Waals surface area contributed by atoms with Gasteiger partial charge in [0.2, 0.25) is 0 Å². The number of halogens is 1. The molecule has 0 aliphatic heterocycles. The van der Waals surface area contributed by atoms with Crippen LogP contribution in [0.1, 0.15) is 18.1 Å². The monoisotopic (exact) mass is 275 g/mol. The second-order valence-electron chi connectivity index (χ2n) is 4.41. The Morgan fingerprint density at radius 1 is 1.11 bits per heavy atom. The zero-order valence-corrected chi connectivity index (χ0v) is 12.1. The zero-order chi connectivity index (χ0) is 13.7. The van der Waals surface area contributed by atoms with Gasteiger partial charge in [0.15, 0.2) is 0 Å². The summed E-state index contributed by atoms with van der Waals surface area (Å²) in [5.74, 6) is -0.149. The van der Waals surface area contributed by atoms with E-state index < -0.39 is 0 Å². The molecule has 1 nitrogen and oxygen atoms in total. The third-order valence-electron chi connectivity index (χ3n) is 2.89. The van der Waals surface area contributed by atoms with Crippen LogP contribution in [0.2, 0.25) is 0 Å². The first-order valence-electron chi connectivity index (χ1n) is 6.43. The topological polar surface area (TPSA) is 12.0 Å². The highest BCUT2D eigenvalue weighted by Crippen LogP contribution is 2.32. The van der Waals surface area contributed by atoms with Gasteiger partial charge in [-0.2, -0.15) is 0 Å². The van der Waals surface area contributed by atoms with E-state index in [1.807, 2.05) is 50.2 Å². The van der Waals surface area contributed by atoms with Crippen LogP contribution in [-0.4, -0.2) is 6.54 Å². The summed E-state index contributed by atoms with van der Waals surface area (Å²) < 4.78 is 14.0. The first-order chi connectivity index (χ1) is 9.20. The number of nitrogens with one attached hydrogen (secondary N) is 1. The van der Waals surface area contributed by atoms with E-state index in [0.717, 1.165) is 17.0 Å². The Bertz CT molecular complexity index is 554. The average Bonchev–Trinajstić information content (AvgIpc) is 2.41. The molecule has 0 aliphatic rings. The molecule has 100 valence electrons. The van der Waals surface area contributed by atoms with Gasteiger partial charge in [0.25, 0.3) is 0 Å². The molecule has 1 N–H and O–H groups in total. The lowest BCUT2D eigenvalue weighted by atomic mass is 10.2. The van der Waals surface area contributed by atoms with E-state index in [2.05, 4.69) is 5.32 Å². The maximum atomic E-state index is 14.0. The summed E-state index contributed by atoms with van der Waals surface area (Å²) in [4.78, 5) is 1.77. The van der Waals surface area contributed by atoms with E-state index in [9.17, 15) is 4.39 Å². The molecule has 0 saturated heterocycles. The normalized spacial score (nSPS) is 10.7. The molecular weight excluding hydrogens is 257 g/mol. The third kappa shape index (κ3) is 3.82. The number of rotatable bonds is 5. The molecule has 0 radical (unpaired) electrons. The molecular formula is C16H18FNS. The van der Waals surface area contributed by atoms with Crippen molar-refractivity contribution in [1.82, 2.24) is 5.32 Å². The molecule has 0 fully saturated rings. The first-order valence-corrected chi connectivity index (χ1v) is 7.25. The van der Waals surface area contributed by atoms with Crippen LogP contribution in [0.3, 0.4) is 0 Å². The third-order valence-corrected chi connectivity index (χ3v) is 4.12. The summed E-state index contributed by atoms with van der Waals surface area (Å²) in [5, 5.41) is 3.20. The van der Waals surface area contributed by atoms with Crippen molar-refractivity contribution < 1.29 is 4.39 Å².